The van der Waals surface area contributed by atoms with E-state index in [1.807, 2.05) is 0 Å². The number of nitrogens with zero attached hydrogens (tertiary/aromatic N) is 1. The first-order valence-electron chi connectivity index (χ1n) is 6.86. The van der Waals surface area contributed by atoms with E-state index in [1.54, 1.807) is 11.3 Å². The number of rotatable bonds is 5. The molecule has 0 aromatic carbocycles. The molecule has 0 spiro atoms. The maximum Gasteiger partial charge on any atom is 0.0702 e. The molecule has 5 heteroatoms. The molecule has 1 aliphatic rings. The van der Waals surface area contributed by atoms with Crippen LogP contribution < -0.4 is 5.73 Å². The molecule has 3 atom stereocenters. The van der Waals surface area contributed by atoms with E-state index in [9.17, 15) is 0 Å². The van der Waals surface area contributed by atoms with Crippen molar-refractivity contribution in [2.24, 2.45) is 11.7 Å². The molecule has 2 rings (SSSR count). The summed E-state index contributed by atoms with van der Waals surface area (Å²) in [5.41, 5.74) is 6.20. The van der Waals surface area contributed by atoms with Gasteiger partial charge in [-0.1, -0.05) is 0 Å². The lowest BCUT2D eigenvalue weighted by atomic mass is 9.99. The standard InChI is InChI=1S/C14H23BrN2OS/c1-10(16)14(12-5-6-13(15)19-12)17(2)8-11-4-3-7-18-9-11/h5-6,10-11,14H,3-4,7-9,16H2,1-2H3. The topological polar surface area (TPSA) is 38.5 Å². The predicted molar refractivity (Wildman–Crippen MR) is 84.6 cm³/mol. The number of likely N-dealkylation sites (N-methyl/N-ethyl adjacent to an activating group) is 1. The molecule has 19 heavy (non-hydrogen) atoms. The summed E-state index contributed by atoms with van der Waals surface area (Å²) < 4.78 is 6.74. The van der Waals surface area contributed by atoms with E-state index in [0.29, 0.717) is 12.0 Å². The van der Waals surface area contributed by atoms with Crippen molar-refractivity contribution in [3.8, 4) is 0 Å². The van der Waals surface area contributed by atoms with Crippen molar-refractivity contribution in [2.45, 2.75) is 31.8 Å². The summed E-state index contributed by atoms with van der Waals surface area (Å²) in [6, 6.07) is 4.70. The van der Waals surface area contributed by atoms with Crippen LogP contribution in [0, 0.1) is 5.92 Å². The fourth-order valence-corrected chi connectivity index (χ4v) is 4.54. The summed E-state index contributed by atoms with van der Waals surface area (Å²) >= 11 is 5.31. The summed E-state index contributed by atoms with van der Waals surface area (Å²) in [7, 11) is 2.18. The molecule has 1 fully saturated rings. The Morgan fingerprint density at radius 1 is 1.58 bits per heavy atom. The number of hydrogen-bond donors (Lipinski definition) is 1. The van der Waals surface area contributed by atoms with E-state index in [4.69, 9.17) is 10.5 Å². The molecule has 108 valence electrons. The molecule has 1 aromatic rings. The van der Waals surface area contributed by atoms with E-state index in [1.165, 1.54) is 21.5 Å². The highest BCUT2D eigenvalue weighted by atomic mass is 79.9. The van der Waals surface area contributed by atoms with Gasteiger partial charge in [-0.05, 0) is 60.8 Å². The first-order valence-corrected chi connectivity index (χ1v) is 8.47. The first-order chi connectivity index (χ1) is 9.08. The van der Waals surface area contributed by atoms with Crippen molar-refractivity contribution in [2.75, 3.05) is 26.8 Å². The van der Waals surface area contributed by atoms with E-state index >= 15 is 0 Å². The fraction of sp³-hybridized carbons (Fsp3) is 0.714. The van der Waals surface area contributed by atoms with Gasteiger partial charge >= 0.3 is 0 Å². The van der Waals surface area contributed by atoms with Crippen molar-refractivity contribution in [3.05, 3.63) is 20.8 Å². The Labute approximate surface area is 128 Å². The maximum atomic E-state index is 6.20. The lowest BCUT2D eigenvalue weighted by Gasteiger charge is -2.34. The minimum atomic E-state index is 0.125. The van der Waals surface area contributed by atoms with Gasteiger partial charge in [0.05, 0.1) is 16.4 Å². The second kappa shape index (κ2) is 7.18. The molecule has 0 aliphatic carbocycles. The Morgan fingerprint density at radius 2 is 2.37 bits per heavy atom. The van der Waals surface area contributed by atoms with Crippen molar-refractivity contribution < 1.29 is 4.74 Å². The number of thiophene rings is 1. The van der Waals surface area contributed by atoms with Crippen LogP contribution in [0.3, 0.4) is 0 Å². The summed E-state index contributed by atoms with van der Waals surface area (Å²) in [6.07, 6.45) is 2.45. The average Bonchev–Trinajstić information content (AvgIpc) is 2.76. The fourth-order valence-electron chi connectivity index (χ4n) is 2.84. The minimum absolute atomic E-state index is 0.125. The average molecular weight is 347 g/mol. The minimum Gasteiger partial charge on any atom is -0.381 e. The van der Waals surface area contributed by atoms with E-state index in [0.717, 1.165) is 19.8 Å². The lowest BCUT2D eigenvalue weighted by Crippen LogP contribution is -2.40. The zero-order valence-corrected chi connectivity index (χ0v) is 14.0. The summed E-state index contributed by atoms with van der Waals surface area (Å²) in [6.45, 7) is 4.97. The Balaban J connectivity index is 2.01. The second-order valence-corrected chi connectivity index (χ2v) is 7.96. The van der Waals surface area contributed by atoms with Crippen LogP contribution in [0.5, 0.6) is 0 Å². The summed E-state index contributed by atoms with van der Waals surface area (Å²) in [4.78, 5) is 3.73. The molecule has 0 radical (unpaired) electrons. The molecule has 1 aliphatic heterocycles. The van der Waals surface area contributed by atoms with Gasteiger partial charge < -0.3 is 10.5 Å². The third-order valence-electron chi connectivity index (χ3n) is 3.66. The van der Waals surface area contributed by atoms with Gasteiger partial charge in [-0.25, -0.2) is 0 Å². The Kier molecular flexibility index (Phi) is 5.84. The predicted octanol–water partition coefficient (Wildman–Crippen LogP) is 3.26. The van der Waals surface area contributed by atoms with Gasteiger partial charge in [0.1, 0.15) is 0 Å². The third kappa shape index (κ3) is 4.26. The largest absolute Gasteiger partial charge is 0.381 e. The van der Waals surface area contributed by atoms with Gasteiger partial charge in [-0.2, -0.15) is 0 Å². The highest BCUT2D eigenvalue weighted by Crippen LogP contribution is 2.32. The van der Waals surface area contributed by atoms with Crippen molar-refractivity contribution >= 4 is 27.3 Å². The molecule has 1 saturated heterocycles. The maximum absolute atomic E-state index is 6.20. The number of halogens is 1. The normalized spacial score (nSPS) is 23.5. The van der Waals surface area contributed by atoms with Crippen LogP contribution in [0.2, 0.25) is 0 Å². The van der Waals surface area contributed by atoms with Crippen LogP contribution in [-0.2, 0) is 4.74 Å². The number of ether oxygens (including phenoxy) is 1. The molecule has 2 heterocycles. The highest BCUT2D eigenvalue weighted by Gasteiger charge is 2.25. The second-order valence-electron chi connectivity index (χ2n) is 5.47. The lowest BCUT2D eigenvalue weighted by molar-refractivity contribution is 0.0347. The monoisotopic (exact) mass is 346 g/mol. The Morgan fingerprint density at radius 3 is 2.89 bits per heavy atom. The van der Waals surface area contributed by atoms with Crippen molar-refractivity contribution in [3.63, 3.8) is 0 Å². The molecule has 0 amide bonds. The van der Waals surface area contributed by atoms with Crippen LogP contribution in [0.1, 0.15) is 30.7 Å². The molecule has 2 N–H and O–H groups in total. The van der Waals surface area contributed by atoms with Gasteiger partial charge in [-0.3, -0.25) is 4.90 Å². The summed E-state index contributed by atoms with van der Waals surface area (Å²) in [5.74, 6) is 0.642. The third-order valence-corrected chi connectivity index (χ3v) is 5.35. The Hall–Kier alpha value is 0.0600. The van der Waals surface area contributed by atoms with E-state index in [2.05, 4.69) is 46.9 Å². The molecule has 0 saturated carbocycles. The van der Waals surface area contributed by atoms with Gasteiger partial charge in [0, 0.05) is 24.1 Å². The molecule has 0 bridgehead atoms. The molecular formula is C14H23BrN2OS. The van der Waals surface area contributed by atoms with Crippen LogP contribution >= 0.6 is 27.3 Å². The quantitative estimate of drug-likeness (QED) is 0.889. The molecular weight excluding hydrogens is 324 g/mol. The Bertz CT molecular complexity index is 391. The van der Waals surface area contributed by atoms with E-state index < -0.39 is 0 Å². The van der Waals surface area contributed by atoms with Crippen LogP contribution in [-0.4, -0.2) is 37.7 Å². The highest BCUT2D eigenvalue weighted by molar-refractivity contribution is 9.11. The van der Waals surface area contributed by atoms with Gasteiger partial charge in [0.15, 0.2) is 0 Å². The van der Waals surface area contributed by atoms with Gasteiger partial charge in [-0.15, -0.1) is 11.3 Å². The van der Waals surface area contributed by atoms with Gasteiger partial charge in [0.25, 0.3) is 0 Å². The van der Waals surface area contributed by atoms with Crippen molar-refractivity contribution in [1.82, 2.24) is 4.90 Å². The van der Waals surface area contributed by atoms with Crippen molar-refractivity contribution in [1.29, 1.82) is 0 Å². The van der Waals surface area contributed by atoms with Crippen LogP contribution in [0.4, 0.5) is 0 Å². The zero-order chi connectivity index (χ0) is 13.8. The van der Waals surface area contributed by atoms with E-state index in [-0.39, 0.29) is 6.04 Å². The van der Waals surface area contributed by atoms with Gasteiger partial charge in [0.2, 0.25) is 0 Å². The van der Waals surface area contributed by atoms with Crippen LogP contribution in [0.25, 0.3) is 0 Å². The molecule has 3 nitrogen and oxygen atoms in total. The zero-order valence-electron chi connectivity index (χ0n) is 11.6. The molecule has 1 aromatic heterocycles. The summed E-state index contributed by atoms with van der Waals surface area (Å²) in [5, 5.41) is 0. The smallest absolute Gasteiger partial charge is 0.0702 e. The number of hydrogen-bond acceptors (Lipinski definition) is 4. The first kappa shape index (κ1) is 15.4. The molecule has 3 unspecified atom stereocenters. The SMILES string of the molecule is CC(N)C(c1ccc(Br)s1)N(C)CC1CCCOC1. The number of nitrogens with two attached hydrogens (primary N) is 1. The van der Waals surface area contributed by atoms with Crippen LogP contribution in [0.15, 0.2) is 15.9 Å².